The third-order valence-corrected chi connectivity index (χ3v) is 2.93. The van der Waals surface area contributed by atoms with Crippen LogP contribution in [0.4, 0.5) is 0 Å². The molecule has 6 heteroatoms. The predicted molar refractivity (Wildman–Crippen MR) is 70.4 cm³/mol. The van der Waals surface area contributed by atoms with Gasteiger partial charge in [-0.1, -0.05) is 17.7 Å². The molecular formula is C13H8ClN3O2. The monoisotopic (exact) mass is 273 g/mol. The van der Waals surface area contributed by atoms with Crippen LogP contribution >= 0.6 is 11.6 Å². The highest BCUT2D eigenvalue weighted by Gasteiger charge is 2.20. The molecule has 0 aliphatic carbocycles. The van der Waals surface area contributed by atoms with Crippen LogP contribution in [0.3, 0.4) is 0 Å². The number of hydrogen-bond acceptors (Lipinski definition) is 3. The molecule has 94 valence electrons. The zero-order valence-corrected chi connectivity index (χ0v) is 10.4. The van der Waals surface area contributed by atoms with Gasteiger partial charge in [0, 0.05) is 23.5 Å². The molecule has 0 aromatic carbocycles. The Morgan fingerprint density at radius 2 is 2.16 bits per heavy atom. The van der Waals surface area contributed by atoms with Crippen molar-refractivity contribution < 1.29 is 9.90 Å². The zero-order valence-electron chi connectivity index (χ0n) is 9.62. The molecule has 0 aliphatic heterocycles. The van der Waals surface area contributed by atoms with Crippen molar-refractivity contribution in [3.8, 4) is 11.4 Å². The van der Waals surface area contributed by atoms with Crippen molar-refractivity contribution in [1.82, 2.24) is 14.4 Å². The Morgan fingerprint density at radius 1 is 1.32 bits per heavy atom. The van der Waals surface area contributed by atoms with Crippen LogP contribution in [0.15, 0.2) is 42.7 Å². The molecule has 0 aliphatic rings. The van der Waals surface area contributed by atoms with Crippen molar-refractivity contribution in [3.05, 3.63) is 53.4 Å². The molecule has 3 heterocycles. The molecule has 0 saturated carbocycles. The molecule has 1 N–H and O–H groups in total. The summed E-state index contributed by atoms with van der Waals surface area (Å²) in [7, 11) is 0. The Balaban J connectivity index is 2.35. The number of fused-ring (bicyclic) bond motifs is 1. The van der Waals surface area contributed by atoms with Crippen LogP contribution in [0.25, 0.3) is 17.0 Å². The maximum atomic E-state index is 11.4. The maximum absolute atomic E-state index is 11.4. The average molecular weight is 274 g/mol. The van der Waals surface area contributed by atoms with Gasteiger partial charge < -0.3 is 5.11 Å². The van der Waals surface area contributed by atoms with Gasteiger partial charge in [0.25, 0.3) is 0 Å². The van der Waals surface area contributed by atoms with E-state index < -0.39 is 5.97 Å². The minimum atomic E-state index is -1.06. The second-order valence-corrected chi connectivity index (χ2v) is 4.34. The summed E-state index contributed by atoms with van der Waals surface area (Å²) in [5.41, 5.74) is 1.39. The number of rotatable bonds is 2. The molecule has 0 radical (unpaired) electrons. The fraction of sp³-hybridized carbons (Fsp3) is 0. The smallest absolute Gasteiger partial charge is 0.355 e. The Hall–Kier alpha value is -2.40. The molecule has 3 aromatic rings. The van der Waals surface area contributed by atoms with E-state index in [9.17, 15) is 9.90 Å². The van der Waals surface area contributed by atoms with Gasteiger partial charge in [0.15, 0.2) is 5.69 Å². The molecule has 19 heavy (non-hydrogen) atoms. The van der Waals surface area contributed by atoms with Gasteiger partial charge in [0.2, 0.25) is 0 Å². The SMILES string of the molecule is O=C(O)c1c(-c2ccccn2)nc2cc(Cl)ccn12. The number of aromatic carboxylic acids is 1. The van der Waals surface area contributed by atoms with E-state index in [1.165, 1.54) is 4.40 Å². The van der Waals surface area contributed by atoms with E-state index in [1.807, 2.05) is 0 Å². The highest BCUT2D eigenvalue weighted by atomic mass is 35.5. The molecule has 0 spiro atoms. The molecule has 0 unspecified atom stereocenters. The number of aromatic nitrogens is 3. The highest BCUT2D eigenvalue weighted by molar-refractivity contribution is 6.30. The molecule has 0 saturated heterocycles. The predicted octanol–water partition coefficient (Wildman–Crippen LogP) is 2.75. The topological polar surface area (TPSA) is 67.5 Å². The molecule has 0 bridgehead atoms. The van der Waals surface area contributed by atoms with Crippen LogP contribution in [-0.4, -0.2) is 25.4 Å². The van der Waals surface area contributed by atoms with Crippen LogP contribution in [-0.2, 0) is 0 Å². The number of halogens is 1. The molecular weight excluding hydrogens is 266 g/mol. The lowest BCUT2D eigenvalue weighted by Crippen LogP contribution is -2.03. The summed E-state index contributed by atoms with van der Waals surface area (Å²) in [6.07, 6.45) is 3.18. The third-order valence-electron chi connectivity index (χ3n) is 2.70. The van der Waals surface area contributed by atoms with E-state index in [2.05, 4.69) is 9.97 Å². The van der Waals surface area contributed by atoms with Gasteiger partial charge in [0.1, 0.15) is 11.3 Å². The van der Waals surface area contributed by atoms with E-state index in [0.717, 1.165) is 0 Å². The number of carboxylic acids is 1. The summed E-state index contributed by atoms with van der Waals surface area (Å²) in [4.78, 5) is 19.9. The van der Waals surface area contributed by atoms with Crippen molar-refractivity contribution in [2.24, 2.45) is 0 Å². The minimum Gasteiger partial charge on any atom is -0.476 e. The Bertz CT molecular complexity index is 768. The van der Waals surface area contributed by atoms with E-state index in [0.29, 0.717) is 22.1 Å². The van der Waals surface area contributed by atoms with Crippen molar-refractivity contribution in [1.29, 1.82) is 0 Å². The quantitative estimate of drug-likeness (QED) is 0.779. The largest absolute Gasteiger partial charge is 0.476 e. The molecule has 0 atom stereocenters. The summed E-state index contributed by atoms with van der Waals surface area (Å²) in [5.74, 6) is -1.06. The number of hydrogen-bond donors (Lipinski definition) is 1. The van der Waals surface area contributed by atoms with E-state index in [-0.39, 0.29) is 5.69 Å². The number of pyridine rings is 2. The van der Waals surface area contributed by atoms with E-state index in [1.54, 1.807) is 42.7 Å². The molecule has 3 aromatic heterocycles. The van der Waals surface area contributed by atoms with Crippen LogP contribution < -0.4 is 0 Å². The molecule has 3 rings (SSSR count). The highest BCUT2D eigenvalue weighted by Crippen LogP contribution is 2.24. The van der Waals surface area contributed by atoms with Gasteiger partial charge in [-0.3, -0.25) is 9.38 Å². The fourth-order valence-corrected chi connectivity index (χ4v) is 2.06. The first kappa shape index (κ1) is 11.7. The lowest BCUT2D eigenvalue weighted by Gasteiger charge is -1.99. The normalized spacial score (nSPS) is 10.8. The van der Waals surface area contributed by atoms with Gasteiger partial charge in [-0.05, 0) is 18.2 Å². The number of carboxylic acid groups (broad SMARTS) is 1. The Morgan fingerprint density at radius 3 is 2.84 bits per heavy atom. The number of imidazole rings is 1. The third kappa shape index (κ3) is 1.94. The summed E-state index contributed by atoms with van der Waals surface area (Å²) < 4.78 is 1.48. The second-order valence-electron chi connectivity index (χ2n) is 3.90. The van der Waals surface area contributed by atoms with Crippen LogP contribution in [0.5, 0.6) is 0 Å². The summed E-state index contributed by atoms with van der Waals surface area (Å²) in [6.45, 7) is 0. The van der Waals surface area contributed by atoms with Crippen molar-refractivity contribution in [2.75, 3.05) is 0 Å². The second kappa shape index (κ2) is 4.37. The number of nitrogens with zero attached hydrogens (tertiary/aromatic N) is 3. The fourth-order valence-electron chi connectivity index (χ4n) is 1.91. The molecule has 0 fully saturated rings. The summed E-state index contributed by atoms with van der Waals surface area (Å²) in [6, 6.07) is 8.49. The van der Waals surface area contributed by atoms with Gasteiger partial charge >= 0.3 is 5.97 Å². The zero-order chi connectivity index (χ0) is 13.4. The number of carbonyl (C=O) groups is 1. The first-order chi connectivity index (χ1) is 9.16. The summed E-state index contributed by atoms with van der Waals surface area (Å²) in [5, 5.41) is 9.86. The minimum absolute atomic E-state index is 0.0744. The molecule has 5 nitrogen and oxygen atoms in total. The van der Waals surface area contributed by atoms with Gasteiger partial charge in [-0.15, -0.1) is 0 Å². The van der Waals surface area contributed by atoms with Crippen LogP contribution in [0, 0.1) is 0 Å². The Kier molecular flexibility index (Phi) is 2.68. The lowest BCUT2D eigenvalue weighted by molar-refractivity contribution is 0.0690. The van der Waals surface area contributed by atoms with Crippen LogP contribution in [0.1, 0.15) is 10.5 Å². The Labute approximate surface area is 113 Å². The first-order valence-electron chi connectivity index (χ1n) is 5.49. The van der Waals surface area contributed by atoms with Gasteiger partial charge in [-0.2, -0.15) is 0 Å². The average Bonchev–Trinajstić information content (AvgIpc) is 2.78. The standard InChI is InChI=1S/C13H8ClN3O2/c14-8-4-6-17-10(7-8)16-11(12(17)13(18)19)9-3-1-2-5-15-9/h1-7H,(H,18,19). The van der Waals surface area contributed by atoms with E-state index >= 15 is 0 Å². The van der Waals surface area contributed by atoms with Crippen molar-refractivity contribution >= 4 is 23.2 Å². The maximum Gasteiger partial charge on any atom is 0.355 e. The van der Waals surface area contributed by atoms with Crippen molar-refractivity contribution in [3.63, 3.8) is 0 Å². The van der Waals surface area contributed by atoms with Crippen molar-refractivity contribution in [2.45, 2.75) is 0 Å². The van der Waals surface area contributed by atoms with Crippen LogP contribution in [0.2, 0.25) is 5.02 Å². The lowest BCUT2D eigenvalue weighted by atomic mass is 10.2. The molecule has 0 amide bonds. The summed E-state index contributed by atoms with van der Waals surface area (Å²) >= 11 is 5.89. The van der Waals surface area contributed by atoms with Gasteiger partial charge in [-0.25, -0.2) is 9.78 Å². The van der Waals surface area contributed by atoms with Gasteiger partial charge in [0.05, 0.1) is 5.69 Å². The van der Waals surface area contributed by atoms with E-state index in [4.69, 9.17) is 11.6 Å². The first-order valence-corrected chi connectivity index (χ1v) is 5.87.